The van der Waals surface area contributed by atoms with Crippen molar-refractivity contribution >= 4 is 23.7 Å². The van der Waals surface area contributed by atoms with Gasteiger partial charge in [0.25, 0.3) is 11.8 Å². The van der Waals surface area contributed by atoms with Crippen LogP contribution in [0.15, 0.2) is 53.6 Å². The van der Waals surface area contributed by atoms with E-state index in [1.807, 2.05) is 37.3 Å². The maximum absolute atomic E-state index is 12.1. The summed E-state index contributed by atoms with van der Waals surface area (Å²) in [5.74, 6) is -0.0390. The van der Waals surface area contributed by atoms with E-state index < -0.39 is 0 Å². The van der Waals surface area contributed by atoms with E-state index in [1.54, 1.807) is 24.4 Å². The lowest BCUT2D eigenvalue weighted by molar-refractivity contribution is -0.125. The zero-order valence-electron chi connectivity index (χ0n) is 13.2. The van der Waals surface area contributed by atoms with Crippen molar-refractivity contribution in [3.05, 3.63) is 59.7 Å². The lowest BCUT2D eigenvalue weighted by atomic mass is 10.2. The average molecular weight is 323 g/mol. The van der Waals surface area contributed by atoms with Crippen molar-refractivity contribution in [3.8, 4) is 5.75 Å². The fourth-order valence-corrected chi connectivity index (χ4v) is 2.34. The van der Waals surface area contributed by atoms with Gasteiger partial charge >= 0.3 is 0 Å². The molecule has 0 aliphatic carbocycles. The van der Waals surface area contributed by atoms with Crippen LogP contribution in [0.25, 0.3) is 0 Å². The first-order chi connectivity index (χ1) is 11.6. The zero-order valence-corrected chi connectivity index (χ0v) is 13.2. The molecule has 0 aromatic heterocycles. The molecule has 2 aromatic rings. The number of para-hydroxylation sites is 2. The number of rotatable bonds is 4. The van der Waals surface area contributed by atoms with Crippen molar-refractivity contribution < 1.29 is 14.3 Å². The van der Waals surface area contributed by atoms with Crippen molar-refractivity contribution in [2.24, 2.45) is 5.10 Å². The number of ether oxygens (including phenoxy) is 1. The van der Waals surface area contributed by atoms with Crippen molar-refractivity contribution in [3.63, 3.8) is 0 Å². The molecule has 0 bridgehead atoms. The van der Waals surface area contributed by atoms with Gasteiger partial charge in [-0.1, -0.05) is 42.0 Å². The van der Waals surface area contributed by atoms with Gasteiger partial charge in [-0.05, 0) is 24.6 Å². The van der Waals surface area contributed by atoms with Crippen molar-refractivity contribution in [2.75, 3.05) is 18.1 Å². The number of aryl methyl sites for hydroxylation is 1. The Kier molecular flexibility index (Phi) is 4.56. The van der Waals surface area contributed by atoms with E-state index in [4.69, 9.17) is 4.74 Å². The van der Waals surface area contributed by atoms with Crippen LogP contribution in [0, 0.1) is 6.92 Å². The number of hydrogen-bond acceptors (Lipinski definition) is 4. The van der Waals surface area contributed by atoms with Crippen LogP contribution < -0.4 is 15.1 Å². The third kappa shape index (κ3) is 3.60. The number of anilines is 1. The summed E-state index contributed by atoms with van der Waals surface area (Å²) in [7, 11) is 0. The summed E-state index contributed by atoms with van der Waals surface area (Å²) in [6, 6.07) is 14.9. The van der Waals surface area contributed by atoms with E-state index in [-0.39, 0.29) is 25.0 Å². The third-order valence-electron chi connectivity index (χ3n) is 3.59. The molecule has 0 saturated carbocycles. The molecular weight excluding hydrogens is 306 g/mol. The Morgan fingerprint density at radius 3 is 2.79 bits per heavy atom. The van der Waals surface area contributed by atoms with Gasteiger partial charge in [0.1, 0.15) is 12.3 Å². The molecule has 0 atom stereocenters. The zero-order chi connectivity index (χ0) is 16.9. The molecule has 1 aliphatic heterocycles. The van der Waals surface area contributed by atoms with E-state index in [0.717, 1.165) is 11.1 Å². The highest BCUT2D eigenvalue weighted by atomic mass is 16.5. The molecule has 2 aromatic carbocycles. The average Bonchev–Trinajstić information content (AvgIpc) is 2.59. The highest BCUT2D eigenvalue weighted by Gasteiger charge is 2.26. The molecule has 0 fully saturated rings. The smallest absolute Gasteiger partial charge is 0.265 e. The van der Waals surface area contributed by atoms with Gasteiger partial charge in [-0.2, -0.15) is 5.10 Å². The molecule has 24 heavy (non-hydrogen) atoms. The third-order valence-corrected chi connectivity index (χ3v) is 3.59. The SMILES string of the molecule is Cc1ccc(/C=N\NC(=O)CN2C(=O)COc3ccccc32)cc1. The van der Waals surface area contributed by atoms with Gasteiger partial charge in [0.2, 0.25) is 0 Å². The second-order valence-electron chi connectivity index (χ2n) is 5.44. The molecular formula is C18H17N3O3. The molecule has 122 valence electrons. The molecule has 2 amide bonds. The Morgan fingerprint density at radius 1 is 1.25 bits per heavy atom. The van der Waals surface area contributed by atoms with Crippen LogP contribution in [0.1, 0.15) is 11.1 Å². The van der Waals surface area contributed by atoms with Gasteiger partial charge in [-0.25, -0.2) is 5.43 Å². The van der Waals surface area contributed by atoms with Crippen molar-refractivity contribution in [1.82, 2.24) is 5.43 Å². The number of nitrogens with one attached hydrogen (secondary N) is 1. The van der Waals surface area contributed by atoms with Crippen LogP contribution in [-0.4, -0.2) is 31.2 Å². The maximum atomic E-state index is 12.1. The fourth-order valence-electron chi connectivity index (χ4n) is 2.34. The summed E-state index contributed by atoms with van der Waals surface area (Å²) in [5, 5.41) is 3.92. The number of carbonyl (C=O) groups is 2. The predicted molar refractivity (Wildman–Crippen MR) is 91.2 cm³/mol. The number of hydrogen-bond donors (Lipinski definition) is 1. The number of hydrazone groups is 1. The van der Waals surface area contributed by atoms with Crippen LogP contribution >= 0.6 is 0 Å². The van der Waals surface area contributed by atoms with Gasteiger partial charge < -0.3 is 4.74 Å². The Bertz CT molecular complexity index is 784. The number of amides is 2. The molecule has 0 radical (unpaired) electrons. The number of carbonyl (C=O) groups excluding carboxylic acids is 2. The van der Waals surface area contributed by atoms with Crippen LogP contribution in [0.4, 0.5) is 5.69 Å². The summed E-state index contributed by atoms with van der Waals surface area (Å²) in [5.41, 5.74) is 5.07. The van der Waals surface area contributed by atoms with E-state index in [1.165, 1.54) is 4.90 Å². The summed E-state index contributed by atoms with van der Waals surface area (Å²) in [6.07, 6.45) is 1.56. The Balaban J connectivity index is 1.62. The molecule has 1 aliphatic rings. The van der Waals surface area contributed by atoms with Gasteiger partial charge in [0.05, 0.1) is 11.9 Å². The standard InChI is InChI=1S/C18H17N3O3/c1-13-6-8-14(9-7-13)10-19-20-17(22)11-21-15-4-2-3-5-16(15)24-12-18(21)23/h2-10H,11-12H2,1H3,(H,20,22)/b19-10-. The highest BCUT2D eigenvalue weighted by molar-refractivity contribution is 6.02. The van der Waals surface area contributed by atoms with Gasteiger partial charge in [-0.15, -0.1) is 0 Å². The van der Waals surface area contributed by atoms with E-state index >= 15 is 0 Å². The minimum atomic E-state index is -0.372. The maximum Gasteiger partial charge on any atom is 0.265 e. The highest BCUT2D eigenvalue weighted by Crippen LogP contribution is 2.31. The summed E-state index contributed by atoms with van der Waals surface area (Å²) >= 11 is 0. The second-order valence-corrected chi connectivity index (χ2v) is 5.44. The van der Waals surface area contributed by atoms with E-state index in [2.05, 4.69) is 10.5 Å². The summed E-state index contributed by atoms with van der Waals surface area (Å²) < 4.78 is 5.34. The Labute approximate surface area is 139 Å². The number of fused-ring (bicyclic) bond motifs is 1. The largest absolute Gasteiger partial charge is 0.482 e. The lowest BCUT2D eigenvalue weighted by Crippen LogP contribution is -2.44. The Morgan fingerprint density at radius 2 is 2.00 bits per heavy atom. The number of benzene rings is 2. The van der Waals surface area contributed by atoms with Crippen LogP contribution in [0.5, 0.6) is 5.75 Å². The van der Waals surface area contributed by atoms with Crippen LogP contribution in [0.3, 0.4) is 0 Å². The Hall–Kier alpha value is -3.15. The lowest BCUT2D eigenvalue weighted by Gasteiger charge is -2.28. The predicted octanol–water partition coefficient (Wildman–Crippen LogP) is 1.87. The van der Waals surface area contributed by atoms with E-state index in [9.17, 15) is 9.59 Å². The topological polar surface area (TPSA) is 71.0 Å². The van der Waals surface area contributed by atoms with Gasteiger partial charge in [0.15, 0.2) is 6.61 Å². The summed E-state index contributed by atoms with van der Waals surface area (Å²) in [4.78, 5) is 25.5. The van der Waals surface area contributed by atoms with Crippen LogP contribution in [-0.2, 0) is 9.59 Å². The molecule has 1 heterocycles. The molecule has 0 spiro atoms. The molecule has 6 heteroatoms. The first-order valence-corrected chi connectivity index (χ1v) is 7.54. The normalized spacial score (nSPS) is 13.5. The fraction of sp³-hybridized carbons (Fsp3) is 0.167. The van der Waals surface area contributed by atoms with Crippen LogP contribution in [0.2, 0.25) is 0 Å². The van der Waals surface area contributed by atoms with Crippen molar-refractivity contribution in [2.45, 2.75) is 6.92 Å². The van der Waals surface area contributed by atoms with Crippen molar-refractivity contribution in [1.29, 1.82) is 0 Å². The first-order valence-electron chi connectivity index (χ1n) is 7.54. The monoisotopic (exact) mass is 323 g/mol. The first kappa shape index (κ1) is 15.7. The van der Waals surface area contributed by atoms with Gasteiger partial charge in [0, 0.05) is 0 Å². The second kappa shape index (κ2) is 6.95. The quantitative estimate of drug-likeness (QED) is 0.690. The molecule has 0 unspecified atom stereocenters. The molecule has 3 rings (SSSR count). The minimum absolute atomic E-state index is 0.0725. The molecule has 1 N–H and O–H groups in total. The minimum Gasteiger partial charge on any atom is -0.482 e. The number of nitrogens with zero attached hydrogens (tertiary/aromatic N) is 2. The van der Waals surface area contributed by atoms with E-state index in [0.29, 0.717) is 11.4 Å². The molecule has 0 saturated heterocycles. The van der Waals surface area contributed by atoms with Gasteiger partial charge in [-0.3, -0.25) is 14.5 Å². The molecule has 6 nitrogen and oxygen atoms in total. The summed E-state index contributed by atoms with van der Waals surface area (Å²) in [6.45, 7) is 1.82.